The minimum Gasteiger partial charge on any atom is -0.330 e. The van der Waals surface area contributed by atoms with Gasteiger partial charge in [0.1, 0.15) is 0 Å². The van der Waals surface area contributed by atoms with Gasteiger partial charge in [-0.2, -0.15) is 0 Å². The van der Waals surface area contributed by atoms with Crippen molar-refractivity contribution in [3.63, 3.8) is 0 Å². The highest BCUT2D eigenvalue weighted by molar-refractivity contribution is 4.90. The van der Waals surface area contributed by atoms with Gasteiger partial charge in [0.2, 0.25) is 0 Å². The molecule has 2 rings (SSSR count). The van der Waals surface area contributed by atoms with Crippen LogP contribution in [-0.2, 0) is 0 Å². The first-order valence-electron chi connectivity index (χ1n) is 8.53. The summed E-state index contributed by atoms with van der Waals surface area (Å²) in [5.41, 5.74) is 6.43. The Hall–Kier alpha value is -0.0800. The number of rotatable bonds is 5. The number of hydrogen-bond acceptors (Lipinski definition) is 2. The number of nitrogens with two attached hydrogens (primary N) is 1. The van der Waals surface area contributed by atoms with Crippen LogP contribution < -0.4 is 11.1 Å². The van der Waals surface area contributed by atoms with Crippen molar-refractivity contribution in [1.82, 2.24) is 5.32 Å². The van der Waals surface area contributed by atoms with Gasteiger partial charge in [0, 0.05) is 12.1 Å². The first kappa shape index (κ1) is 15.3. The van der Waals surface area contributed by atoms with E-state index in [0.29, 0.717) is 11.5 Å². The lowest BCUT2D eigenvalue weighted by atomic mass is 9.69. The second-order valence-electron chi connectivity index (χ2n) is 7.59. The summed E-state index contributed by atoms with van der Waals surface area (Å²) in [5, 5.41) is 3.93. The van der Waals surface area contributed by atoms with Gasteiger partial charge in [-0.05, 0) is 62.3 Å². The van der Waals surface area contributed by atoms with Crippen molar-refractivity contribution >= 4 is 0 Å². The fraction of sp³-hybridized carbons (Fsp3) is 1.00. The van der Waals surface area contributed by atoms with Crippen LogP contribution in [0.25, 0.3) is 0 Å². The third-order valence-corrected chi connectivity index (χ3v) is 6.16. The molecule has 0 bridgehead atoms. The Morgan fingerprint density at radius 3 is 2.32 bits per heavy atom. The molecule has 112 valence electrons. The SMILES string of the molecule is CCC(C)(C)C1CCC(NC2CCCC2CN)CC1. The summed E-state index contributed by atoms with van der Waals surface area (Å²) >= 11 is 0. The van der Waals surface area contributed by atoms with E-state index in [9.17, 15) is 0 Å². The van der Waals surface area contributed by atoms with Crippen LogP contribution in [0.15, 0.2) is 0 Å². The fourth-order valence-corrected chi connectivity index (χ4v) is 4.17. The molecule has 2 fully saturated rings. The van der Waals surface area contributed by atoms with E-state index in [2.05, 4.69) is 26.1 Å². The molecule has 19 heavy (non-hydrogen) atoms. The lowest BCUT2D eigenvalue weighted by Gasteiger charge is -2.40. The summed E-state index contributed by atoms with van der Waals surface area (Å²) in [7, 11) is 0. The number of nitrogens with one attached hydrogen (secondary N) is 1. The lowest BCUT2D eigenvalue weighted by molar-refractivity contribution is 0.132. The van der Waals surface area contributed by atoms with Crippen LogP contribution in [0, 0.1) is 17.3 Å². The summed E-state index contributed by atoms with van der Waals surface area (Å²) < 4.78 is 0. The average molecular weight is 266 g/mol. The first-order chi connectivity index (χ1) is 9.06. The highest BCUT2D eigenvalue weighted by atomic mass is 15.0. The molecule has 0 aromatic carbocycles. The van der Waals surface area contributed by atoms with Crippen molar-refractivity contribution in [3.8, 4) is 0 Å². The monoisotopic (exact) mass is 266 g/mol. The third kappa shape index (κ3) is 3.72. The molecule has 2 aliphatic carbocycles. The molecule has 2 heteroatoms. The molecule has 2 saturated carbocycles. The second kappa shape index (κ2) is 6.58. The molecule has 0 heterocycles. The zero-order valence-corrected chi connectivity index (χ0v) is 13.3. The van der Waals surface area contributed by atoms with Crippen molar-refractivity contribution < 1.29 is 0 Å². The van der Waals surface area contributed by atoms with Gasteiger partial charge >= 0.3 is 0 Å². The Balaban J connectivity index is 1.77. The molecule has 2 unspecified atom stereocenters. The molecular formula is C17H34N2. The topological polar surface area (TPSA) is 38.0 Å². The minimum absolute atomic E-state index is 0.540. The molecular weight excluding hydrogens is 232 g/mol. The van der Waals surface area contributed by atoms with Crippen molar-refractivity contribution in [2.75, 3.05) is 6.54 Å². The molecule has 2 atom stereocenters. The second-order valence-corrected chi connectivity index (χ2v) is 7.59. The third-order valence-electron chi connectivity index (χ3n) is 6.16. The Morgan fingerprint density at radius 1 is 1.05 bits per heavy atom. The van der Waals surface area contributed by atoms with Gasteiger partial charge < -0.3 is 11.1 Å². The van der Waals surface area contributed by atoms with Crippen molar-refractivity contribution in [2.24, 2.45) is 23.0 Å². The van der Waals surface area contributed by atoms with E-state index >= 15 is 0 Å². The first-order valence-corrected chi connectivity index (χ1v) is 8.53. The van der Waals surface area contributed by atoms with E-state index in [-0.39, 0.29) is 0 Å². The molecule has 0 spiro atoms. The summed E-state index contributed by atoms with van der Waals surface area (Å²) in [6, 6.07) is 1.48. The Labute approximate surface area is 119 Å². The molecule has 0 aliphatic heterocycles. The maximum absolute atomic E-state index is 5.89. The summed E-state index contributed by atoms with van der Waals surface area (Å²) in [6.45, 7) is 8.12. The van der Waals surface area contributed by atoms with Crippen LogP contribution in [0.4, 0.5) is 0 Å². The molecule has 3 N–H and O–H groups in total. The van der Waals surface area contributed by atoms with Gasteiger partial charge in [0.05, 0.1) is 0 Å². The zero-order chi connectivity index (χ0) is 13.9. The Kier molecular flexibility index (Phi) is 5.30. The standard InChI is InChI=1S/C17H34N2/c1-4-17(2,3)14-8-10-15(11-9-14)19-16-7-5-6-13(16)12-18/h13-16,19H,4-12,18H2,1-3H3. The molecule has 2 nitrogen and oxygen atoms in total. The van der Waals surface area contributed by atoms with Gasteiger partial charge in [0.15, 0.2) is 0 Å². The van der Waals surface area contributed by atoms with E-state index in [0.717, 1.165) is 24.4 Å². The maximum atomic E-state index is 5.89. The minimum atomic E-state index is 0.540. The van der Waals surface area contributed by atoms with Crippen LogP contribution in [-0.4, -0.2) is 18.6 Å². The van der Waals surface area contributed by atoms with Crippen molar-refractivity contribution in [3.05, 3.63) is 0 Å². The van der Waals surface area contributed by atoms with Gasteiger partial charge in [-0.3, -0.25) is 0 Å². The molecule has 0 radical (unpaired) electrons. The predicted molar refractivity (Wildman–Crippen MR) is 83.1 cm³/mol. The largest absolute Gasteiger partial charge is 0.330 e. The quantitative estimate of drug-likeness (QED) is 0.796. The summed E-state index contributed by atoms with van der Waals surface area (Å²) in [6.07, 6.45) is 11.0. The van der Waals surface area contributed by atoms with Crippen LogP contribution in [0.1, 0.15) is 72.1 Å². The molecule has 0 aromatic rings. The number of hydrogen-bond donors (Lipinski definition) is 2. The highest BCUT2D eigenvalue weighted by Crippen LogP contribution is 2.40. The Morgan fingerprint density at radius 2 is 1.74 bits per heavy atom. The predicted octanol–water partition coefficient (Wildman–Crippen LogP) is 3.70. The highest BCUT2D eigenvalue weighted by Gasteiger charge is 2.34. The van der Waals surface area contributed by atoms with Crippen molar-refractivity contribution in [2.45, 2.75) is 84.2 Å². The summed E-state index contributed by atoms with van der Waals surface area (Å²) in [5.74, 6) is 1.68. The van der Waals surface area contributed by atoms with Gasteiger partial charge in [-0.25, -0.2) is 0 Å². The van der Waals surface area contributed by atoms with E-state index < -0.39 is 0 Å². The zero-order valence-electron chi connectivity index (χ0n) is 13.3. The maximum Gasteiger partial charge on any atom is 0.0110 e. The van der Waals surface area contributed by atoms with Crippen LogP contribution in [0.3, 0.4) is 0 Å². The normalized spacial score (nSPS) is 36.6. The molecule has 0 aromatic heterocycles. The van der Waals surface area contributed by atoms with E-state index in [1.165, 1.54) is 51.4 Å². The molecule has 2 aliphatic rings. The van der Waals surface area contributed by atoms with Crippen LogP contribution in [0.2, 0.25) is 0 Å². The van der Waals surface area contributed by atoms with E-state index in [4.69, 9.17) is 5.73 Å². The van der Waals surface area contributed by atoms with Gasteiger partial charge in [-0.15, -0.1) is 0 Å². The summed E-state index contributed by atoms with van der Waals surface area (Å²) in [4.78, 5) is 0. The fourth-order valence-electron chi connectivity index (χ4n) is 4.17. The van der Waals surface area contributed by atoms with Gasteiger partial charge in [0.25, 0.3) is 0 Å². The Bertz CT molecular complexity index is 266. The van der Waals surface area contributed by atoms with Crippen molar-refractivity contribution in [1.29, 1.82) is 0 Å². The smallest absolute Gasteiger partial charge is 0.0110 e. The van der Waals surface area contributed by atoms with Crippen LogP contribution >= 0.6 is 0 Å². The molecule has 0 saturated heterocycles. The lowest BCUT2D eigenvalue weighted by Crippen LogP contribution is -2.45. The van der Waals surface area contributed by atoms with Crippen LogP contribution in [0.5, 0.6) is 0 Å². The van der Waals surface area contributed by atoms with E-state index in [1.54, 1.807) is 0 Å². The van der Waals surface area contributed by atoms with E-state index in [1.807, 2.05) is 0 Å². The molecule has 0 amide bonds. The average Bonchev–Trinajstić information content (AvgIpc) is 2.86. The van der Waals surface area contributed by atoms with Gasteiger partial charge in [-0.1, -0.05) is 33.6 Å².